The fourth-order valence-electron chi connectivity index (χ4n) is 4.81. The van der Waals surface area contributed by atoms with Gasteiger partial charge in [0.25, 0.3) is 0 Å². The van der Waals surface area contributed by atoms with Crippen molar-refractivity contribution in [1.29, 1.82) is 0 Å². The van der Waals surface area contributed by atoms with E-state index in [1.807, 2.05) is 23.5 Å². The van der Waals surface area contributed by atoms with Crippen molar-refractivity contribution >= 4 is 5.91 Å². The van der Waals surface area contributed by atoms with Gasteiger partial charge in [0.2, 0.25) is 5.91 Å². The minimum absolute atomic E-state index is 0.110. The largest absolute Gasteiger partial charge is 0.383 e. The Kier molecular flexibility index (Phi) is 5.69. The van der Waals surface area contributed by atoms with Crippen molar-refractivity contribution in [3.05, 3.63) is 48.3 Å². The molecule has 2 aliphatic rings. The van der Waals surface area contributed by atoms with Crippen LogP contribution in [-0.4, -0.2) is 70.1 Å². The van der Waals surface area contributed by atoms with Crippen LogP contribution in [-0.2, 0) is 16.1 Å². The van der Waals surface area contributed by atoms with Crippen LogP contribution in [0.5, 0.6) is 0 Å². The van der Waals surface area contributed by atoms with Gasteiger partial charge in [-0.3, -0.25) is 14.7 Å². The normalized spacial score (nSPS) is 25.0. The molecule has 7 heteroatoms. The predicted molar refractivity (Wildman–Crippen MR) is 110 cm³/mol. The number of likely N-dealkylation sites (tertiary alicyclic amines) is 2. The van der Waals surface area contributed by atoms with Crippen molar-refractivity contribution in [3.8, 4) is 0 Å². The lowest BCUT2D eigenvalue weighted by atomic mass is 9.75. The Labute approximate surface area is 172 Å². The number of nitrogens with zero attached hydrogens (tertiary/aromatic N) is 5. The van der Waals surface area contributed by atoms with Crippen molar-refractivity contribution < 1.29 is 9.53 Å². The van der Waals surface area contributed by atoms with Crippen LogP contribution in [0.1, 0.15) is 43.5 Å². The van der Waals surface area contributed by atoms with E-state index in [1.165, 1.54) is 5.56 Å². The molecule has 7 nitrogen and oxygen atoms in total. The minimum atomic E-state index is -0.397. The van der Waals surface area contributed by atoms with Crippen LogP contribution < -0.4 is 0 Å². The molecule has 0 saturated carbocycles. The lowest BCUT2D eigenvalue weighted by Gasteiger charge is -2.28. The van der Waals surface area contributed by atoms with Crippen LogP contribution >= 0.6 is 0 Å². The monoisotopic (exact) mass is 397 g/mol. The number of hydrogen-bond donors (Lipinski definition) is 0. The van der Waals surface area contributed by atoms with E-state index < -0.39 is 5.41 Å². The molecule has 0 radical (unpaired) electrons. The zero-order chi connectivity index (χ0) is 20.4. The van der Waals surface area contributed by atoms with Gasteiger partial charge in [-0.05, 0) is 31.9 Å². The number of rotatable bonds is 7. The quantitative estimate of drug-likeness (QED) is 0.718. The minimum Gasteiger partial charge on any atom is -0.383 e. The van der Waals surface area contributed by atoms with E-state index in [4.69, 9.17) is 9.72 Å². The van der Waals surface area contributed by atoms with Gasteiger partial charge in [-0.1, -0.05) is 6.07 Å². The van der Waals surface area contributed by atoms with Crippen LogP contribution in [0.3, 0.4) is 0 Å². The topological polar surface area (TPSA) is 63.5 Å². The zero-order valence-electron chi connectivity index (χ0n) is 17.6. The third-order valence-electron chi connectivity index (χ3n) is 6.42. The van der Waals surface area contributed by atoms with Gasteiger partial charge in [0.05, 0.1) is 24.0 Å². The molecule has 29 heavy (non-hydrogen) atoms. The average molecular weight is 398 g/mol. The second kappa shape index (κ2) is 8.24. The SMILES string of the molecule is COCCN1CC[C@@]2(CN(Cc3cccnc3)C[C@H]2c2cn(C(C)C)cn2)C1=O. The predicted octanol–water partition coefficient (Wildman–Crippen LogP) is 2.32. The highest BCUT2D eigenvalue weighted by atomic mass is 16.5. The number of carbonyl (C=O) groups is 1. The molecule has 0 bridgehead atoms. The number of aromatic nitrogens is 3. The number of hydrogen-bond acceptors (Lipinski definition) is 5. The Balaban J connectivity index is 1.61. The maximum Gasteiger partial charge on any atom is 0.230 e. The number of methoxy groups -OCH3 is 1. The molecule has 0 N–H and O–H groups in total. The maximum absolute atomic E-state index is 13.6. The molecule has 2 aliphatic heterocycles. The van der Waals surface area contributed by atoms with E-state index in [0.717, 1.165) is 38.3 Å². The van der Waals surface area contributed by atoms with E-state index in [1.54, 1.807) is 13.3 Å². The third kappa shape index (κ3) is 3.81. The number of imidazole rings is 1. The van der Waals surface area contributed by atoms with Crippen LogP contribution in [0.2, 0.25) is 0 Å². The van der Waals surface area contributed by atoms with Crippen molar-refractivity contribution in [2.75, 3.05) is 39.9 Å². The lowest BCUT2D eigenvalue weighted by Crippen LogP contribution is -2.40. The van der Waals surface area contributed by atoms with Gasteiger partial charge in [-0.25, -0.2) is 4.98 Å². The molecule has 2 aromatic heterocycles. The molecule has 0 aliphatic carbocycles. The molecule has 1 spiro atoms. The van der Waals surface area contributed by atoms with Crippen LogP contribution in [0.4, 0.5) is 0 Å². The number of amides is 1. The molecule has 2 fully saturated rings. The molecule has 0 aromatic carbocycles. The first-order valence-corrected chi connectivity index (χ1v) is 10.5. The summed E-state index contributed by atoms with van der Waals surface area (Å²) >= 11 is 0. The Hall–Kier alpha value is -2.25. The smallest absolute Gasteiger partial charge is 0.230 e. The van der Waals surface area contributed by atoms with Crippen molar-refractivity contribution in [3.63, 3.8) is 0 Å². The van der Waals surface area contributed by atoms with E-state index in [-0.39, 0.29) is 11.8 Å². The van der Waals surface area contributed by atoms with E-state index in [2.05, 4.69) is 40.6 Å². The zero-order valence-corrected chi connectivity index (χ0v) is 17.6. The molecule has 0 unspecified atom stereocenters. The first kappa shape index (κ1) is 20.0. The van der Waals surface area contributed by atoms with Gasteiger partial charge in [0.1, 0.15) is 0 Å². The number of carbonyl (C=O) groups excluding carboxylic acids is 1. The van der Waals surface area contributed by atoms with Crippen LogP contribution in [0.25, 0.3) is 0 Å². The standard InChI is InChI=1S/C22H31N5O2/c1-17(2)27-14-20(24-16-27)19-13-25(12-18-5-4-7-23-11-18)15-22(19)6-8-26(21(22)28)9-10-29-3/h4-5,7,11,14,16-17,19H,6,8-10,12-13,15H2,1-3H3/t19-,22-/m0/s1. The average Bonchev–Trinajstić information content (AvgIpc) is 3.41. The van der Waals surface area contributed by atoms with Gasteiger partial charge >= 0.3 is 0 Å². The summed E-state index contributed by atoms with van der Waals surface area (Å²) in [6.45, 7) is 8.75. The highest BCUT2D eigenvalue weighted by Crippen LogP contribution is 2.49. The summed E-state index contributed by atoms with van der Waals surface area (Å²) in [6, 6.07) is 4.43. The third-order valence-corrected chi connectivity index (χ3v) is 6.42. The Morgan fingerprint density at radius 3 is 2.93 bits per heavy atom. The summed E-state index contributed by atoms with van der Waals surface area (Å²) in [5.74, 6) is 0.367. The van der Waals surface area contributed by atoms with Gasteiger partial charge in [-0.2, -0.15) is 0 Å². The van der Waals surface area contributed by atoms with Gasteiger partial charge in [0.15, 0.2) is 0 Å². The summed E-state index contributed by atoms with van der Waals surface area (Å²) < 4.78 is 7.35. The Morgan fingerprint density at radius 2 is 2.24 bits per heavy atom. The maximum atomic E-state index is 13.6. The van der Waals surface area contributed by atoms with Crippen molar-refractivity contribution in [1.82, 2.24) is 24.3 Å². The summed E-state index contributed by atoms with van der Waals surface area (Å²) in [5, 5.41) is 0. The fraction of sp³-hybridized carbons (Fsp3) is 0.591. The lowest BCUT2D eigenvalue weighted by molar-refractivity contribution is -0.136. The molecule has 4 rings (SSSR count). The van der Waals surface area contributed by atoms with Crippen LogP contribution in [0.15, 0.2) is 37.1 Å². The van der Waals surface area contributed by atoms with E-state index in [0.29, 0.717) is 19.2 Å². The molecule has 156 valence electrons. The Bertz CT molecular complexity index is 837. The molecule has 2 saturated heterocycles. The molecular formula is C22H31N5O2. The van der Waals surface area contributed by atoms with Gasteiger partial charge < -0.3 is 14.2 Å². The summed E-state index contributed by atoms with van der Waals surface area (Å²) in [6.07, 6.45) is 8.62. The van der Waals surface area contributed by atoms with Crippen LogP contribution in [0, 0.1) is 5.41 Å². The summed E-state index contributed by atoms with van der Waals surface area (Å²) in [7, 11) is 1.68. The molecule has 2 atom stereocenters. The second-order valence-electron chi connectivity index (χ2n) is 8.61. The second-order valence-corrected chi connectivity index (χ2v) is 8.61. The molecule has 2 aromatic rings. The molecular weight excluding hydrogens is 366 g/mol. The first-order valence-electron chi connectivity index (χ1n) is 10.5. The highest BCUT2D eigenvalue weighted by Gasteiger charge is 2.57. The van der Waals surface area contributed by atoms with E-state index in [9.17, 15) is 4.79 Å². The highest BCUT2D eigenvalue weighted by molar-refractivity contribution is 5.86. The number of pyridine rings is 1. The molecule has 1 amide bonds. The van der Waals surface area contributed by atoms with Crippen molar-refractivity contribution in [2.24, 2.45) is 5.41 Å². The van der Waals surface area contributed by atoms with E-state index >= 15 is 0 Å². The summed E-state index contributed by atoms with van der Waals surface area (Å²) in [4.78, 5) is 26.9. The summed E-state index contributed by atoms with van der Waals surface area (Å²) in [5.41, 5.74) is 1.82. The Morgan fingerprint density at radius 1 is 1.38 bits per heavy atom. The van der Waals surface area contributed by atoms with Gasteiger partial charge in [-0.15, -0.1) is 0 Å². The van der Waals surface area contributed by atoms with Gasteiger partial charge in [0, 0.05) is 70.4 Å². The number of ether oxygens (including phenoxy) is 1. The molecule has 4 heterocycles. The fourth-order valence-corrected chi connectivity index (χ4v) is 4.81. The van der Waals surface area contributed by atoms with Crippen molar-refractivity contribution in [2.45, 2.75) is 38.8 Å². The first-order chi connectivity index (χ1) is 14.0.